The van der Waals surface area contributed by atoms with Crippen molar-refractivity contribution in [2.45, 2.75) is 44.9 Å². The molecule has 0 saturated heterocycles. The van der Waals surface area contributed by atoms with Gasteiger partial charge in [-0.3, -0.25) is 9.79 Å². The number of Topliss-reactive ketones (excluding diaryl/α,β-unsaturated/α-hetero) is 1. The monoisotopic (exact) mass is 409 g/mol. The highest BCUT2D eigenvalue weighted by Gasteiger charge is 2.36. The molecular weight excluding hydrogens is 384 g/mol. The predicted molar refractivity (Wildman–Crippen MR) is 122 cm³/mol. The topological polar surface area (TPSA) is 64.5 Å². The molecular formula is C27H25N2O2-. The molecule has 31 heavy (non-hydrogen) atoms. The lowest BCUT2D eigenvalue weighted by Crippen LogP contribution is -2.33. The standard InChI is InChI=1S/C27H26N2O2/c1-26(2)15-16(28-21-11-7-5-9-19(21)26)13-17-24(30)18(25(17)31)14-23-27(3,4)20-10-6-8-12-22(20)29-23/h5-14,28,30H,15H2,1-4H3/p-1/b16-13-,18-14?. The van der Waals surface area contributed by atoms with Gasteiger partial charge in [-0.05, 0) is 47.2 Å². The summed E-state index contributed by atoms with van der Waals surface area (Å²) in [6, 6.07) is 16.1. The molecule has 0 fully saturated rings. The number of aliphatic imine (C=N–C) groups is 1. The van der Waals surface area contributed by atoms with Crippen LogP contribution in [0.3, 0.4) is 0 Å². The quantitative estimate of drug-likeness (QED) is 0.721. The molecule has 4 nitrogen and oxygen atoms in total. The zero-order valence-corrected chi connectivity index (χ0v) is 18.2. The molecule has 0 radical (unpaired) electrons. The summed E-state index contributed by atoms with van der Waals surface area (Å²) in [7, 11) is 0. The van der Waals surface area contributed by atoms with Crippen LogP contribution >= 0.6 is 0 Å². The van der Waals surface area contributed by atoms with Crippen molar-refractivity contribution in [1.29, 1.82) is 0 Å². The Morgan fingerprint density at radius 2 is 1.65 bits per heavy atom. The first-order valence-electron chi connectivity index (χ1n) is 10.6. The Morgan fingerprint density at radius 1 is 0.968 bits per heavy atom. The summed E-state index contributed by atoms with van der Waals surface area (Å²) in [5.41, 5.74) is 5.99. The maximum Gasteiger partial charge on any atom is 0.191 e. The van der Waals surface area contributed by atoms with Crippen molar-refractivity contribution in [1.82, 2.24) is 0 Å². The molecule has 156 valence electrons. The van der Waals surface area contributed by atoms with Gasteiger partial charge in [-0.2, -0.15) is 0 Å². The van der Waals surface area contributed by atoms with Gasteiger partial charge < -0.3 is 10.4 Å². The van der Waals surface area contributed by atoms with E-state index in [9.17, 15) is 9.90 Å². The smallest absolute Gasteiger partial charge is 0.191 e. The molecule has 0 bridgehead atoms. The SMILES string of the molecule is CC1(C)C/C(=C/C2=C([O-])C(=CC3=Nc4ccccc4C3(C)C)C2=O)Nc2ccccc21. The highest BCUT2D eigenvalue weighted by Crippen LogP contribution is 2.43. The number of nitrogens with one attached hydrogen (secondary N) is 1. The van der Waals surface area contributed by atoms with E-state index in [0.717, 1.165) is 34.8 Å². The number of carbonyl (C=O) groups is 1. The van der Waals surface area contributed by atoms with Gasteiger partial charge in [-0.25, -0.2) is 0 Å². The number of anilines is 1. The zero-order valence-electron chi connectivity index (χ0n) is 18.2. The summed E-state index contributed by atoms with van der Waals surface area (Å²) >= 11 is 0. The molecule has 0 atom stereocenters. The van der Waals surface area contributed by atoms with Crippen LogP contribution in [0.1, 0.15) is 45.2 Å². The average Bonchev–Trinajstić information content (AvgIpc) is 3.00. The highest BCUT2D eigenvalue weighted by atomic mass is 16.3. The Morgan fingerprint density at radius 3 is 2.35 bits per heavy atom. The number of ketones is 1. The molecule has 1 aliphatic carbocycles. The van der Waals surface area contributed by atoms with E-state index in [1.807, 2.05) is 42.5 Å². The third-order valence-electron chi connectivity index (χ3n) is 6.62. The molecule has 0 spiro atoms. The molecule has 3 aliphatic rings. The fourth-order valence-electron chi connectivity index (χ4n) is 4.78. The van der Waals surface area contributed by atoms with Crippen molar-refractivity contribution >= 4 is 22.9 Å². The predicted octanol–water partition coefficient (Wildman–Crippen LogP) is 4.85. The molecule has 2 aromatic carbocycles. The second-order valence-electron chi connectivity index (χ2n) is 9.67. The van der Waals surface area contributed by atoms with Crippen LogP contribution in [0.4, 0.5) is 11.4 Å². The van der Waals surface area contributed by atoms with Gasteiger partial charge in [-0.15, -0.1) is 0 Å². The number of benzene rings is 2. The van der Waals surface area contributed by atoms with Crippen molar-refractivity contribution in [3.05, 3.63) is 94.4 Å². The molecule has 4 heteroatoms. The lowest BCUT2D eigenvalue weighted by molar-refractivity contribution is -0.300. The molecule has 2 aliphatic heterocycles. The molecule has 1 N–H and O–H groups in total. The molecule has 0 saturated carbocycles. The lowest BCUT2D eigenvalue weighted by atomic mass is 9.75. The van der Waals surface area contributed by atoms with Crippen LogP contribution in [0.25, 0.3) is 0 Å². The van der Waals surface area contributed by atoms with Crippen molar-refractivity contribution < 1.29 is 9.90 Å². The van der Waals surface area contributed by atoms with Gasteiger partial charge in [0.15, 0.2) is 5.78 Å². The maximum atomic E-state index is 12.9. The summed E-state index contributed by atoms with van der Waals surface area (Å²) in [5, 5.41) is 16.3. The number of fused-ring (bicyclic) bond motifs is 2. The van der Waals surface area contributed by atoms with Crippen LogP contribution in [-0.4, -0.2) is 11.5 Å². The highest BCUT2D eigenvalue weighted by molar-refractivity contribution is 6.24. The minimum Gasteiger partial charge on any atom is -0.871 e. The summed E-state index contributed by atoms with van der Waals surface area (Å²) in [5.74, 6) is -0.407. The molecule has 0 amide bonds. The minimum absolute atomic E-state index is 0.0723. The lowest BCUT2D eigenvalue weighted by Gasteiger charge is -2.36. The van der Waals surface area contributed by atoms with E-state index >= 15 is 0 Å². The van der Waals surface area contributed by atoms with Crippen LogP contribution in [0.5, 0.6) is 0 Å². The minimum atomic E-state index is -0.336. The first-order valence-corrected chi connectivity index (χ1v) is 10.6. The van der Waals surface area contributed by atoms with E-state index in [1.165, 1.54) is 5.56 Å². The summed E-state index contributed by atoms with van der Waals surface area (Å²) in [4.78, 5) is 17.5. The van der Waals surface area contributed by atoms with E-state index in [4.69, 9.17) is 0 Å². The van der Waals surface area contributed by atoms with E-state index in [2.05, 4.69) is 44.1 Å². The second kappa shape index (κ2) is 6.55. The largest absolute Gasteiger partial charge is 0.871 e. The zero-order chi connectivity index (χ0) is 22.0. The molecule has 0 unspecified atom stereocenters. The van der Waals surface area contributed by atoms with Gasteiger partial charge in [0.2, 0.25) is 0 Å². The van der Waals surface area contributed by atoms with E-state index < -0.39 is 0 Å². The van der Waals surface area contributed by atoms with Gasteiger partial charge in [0, 0.05) is 27.9 Å². The van der Waals surface area contributed by atoms with Crippen LogP contribution in [-0.2, 0) is 15.6 Å². The van der Waals surface area contributed by atoms with Crippen molar-refractivity contribution in [3.8, 4) is 0 Å². The first-order chi connectivity index (χ1) is 14.7. The Labute approximate surface area is 182 Å². The molecule has 2 heterocycles. The number of rotatable bonds is 2. The number of allylic oxidation sites excluding steroid dienone is 5. The molecule has 0 aromatic heterocycles. The summed E-state index contributed by atoms with van der Waals surface area (Å²) < 4.78 is 0. The Kier molecular flexibility index (Phi) is 4.13. The van der Waals surface area contributed by atoms with Gasteiger partial charge >= 0.3 is 0 Å². The Hall–Kier alpha value is -3.40. The number of para-hydroxylation sites is 2. The Balaban J connectivity index is 1.47. The third-order valence-corrected chi connectivity index (χ3v) is 6.62. The normalized spacial score (nSPS) is 23.2. The Bertz CT molecular complexity index is 1260. The van der Waals surface area contributed by atoms with Gasteiger partial charge in [0.05, 0.1) is 11.4 Å². The molecule has 5 rings (SSSR count). The van der Waals surface area contributed by atoms with Gasteiger partial charge in [0.25, 0.3) is 0 Å². The number of nitrogens with zero attached hydrogens (tertiary/aromatic N) is 1. The maximum absolute atomic E-state index is 12.9. The van der Waals surface area contributed by atoms with E-state index in [0.29, 0.717) is 0 Å². The van der Waals surface area contributed by atoms with Crippen LogP contribution < -0.4 is 10.4 Å². The van der Waals surface area contributed by atoms with Gasteiger partial charge in [0.1, 0.15) is 0 Å². The van der Waals surface area contributed by atoms with Crippen molar-refractivity contribution in [3.63, 3.8) is 0 Å². The fraction of sp³-hybridized carbons (Fsp3) is 0.259. The van der Waals surface area contributed by atoms with Crippen molar-refractivity contribution in [2.75, 3.05) is 5.32 Å². The van der Waals surface area contributed by atoms with Crippen LogP contribution in [0.2, 0.25) is 0 Å². The first kappa shape index (κ1) is 19.6. The average molecular weight is 410 g/mol. The van der Waals surface area contributed by atoms with E-state index in [1.54, 1.807) is 12.2 Å². The number of carbonyl (C=O) groups excluding carboxylic acids is 1. The summed E-state index contributed by atoms with van der Waals surface area (Å²) in [6.07, 6.45) is 4.15. The number of hydrogen-bond acceptors (Lipinski definition) is 4. The van der Waals surface area contributed by atoms with E-state index in [-0.39, 0.29) is 33.5 Å². The van der Waals surface area contributed by atoms with Crippen LogP contribution in [0.15, 0.2) is 88.3 Å². The van der Waals surface area contributed by atoms with Crippen molar-refractivity contribution in [2.24, 2.45) is 4.99 Å². The van der Waals surface area contributed by atoms with Crippen LogP contribution in [0, 0.1) is 0 Å². The fourth-order valence-corrected chi connectivity index (χ4v) is 4.78. The third kappa shape index (κ3) is 2.97. The summed E-state index contributed by atoms with van der Waals surface area (Å²) in [6.45, 7) is 8.50. The molecule has 2 aromatic rings. The number of hydrogen-bond donors (Lipinski definition) is 1. The second-order valence-corrected chi connectivity index (χ2v) is 9.67. The van der Waals surface area contributed by atoms with Gasteiger partial charge in [-0.1, -0.05) is 69.9 Å².